The van der Waals surface area contributed by atoms with Crippen molar-refractivity contribution in [2.75, 3.05) is 7.11 Å². The lowest BCUT2D eigenvalue weighted by atomic mass is 10.0. The highest BCUT2D eigenvalue weighted by Gasteiger charge is 2.21. The molecule has 2 aromatic carbocycles. The Morgan fingerprint density at radius 1 is 1.19 bits per heavy atom. The lowest BCUT2D eigenvalue weighted by molar-refractivity contribution is -0.121. The molecule has 0 aliphatic carbocycles. The van der Waals surface area contributed by atoms with E-state index in [0.717, 1.165) is 28.3 Å². The van der Waals surface area contributed by atoms with Crippen molar-refractivity contribution >= 4 is 5.91 Å². The third-order valence-corrected chi connectivity index (χ3v) is 4.48. The van der Waals surface area contributed by atoms with E-state index in [1.54, 1.807) is 13.3 Å². The molecule has 3 aromatic rings. The number of nitrogens with one attached hydrogen (secondary N) is 1. The smallest absolute Gasteiger partial charge is 0.225 e. The van der Waals surface area contributed by atoms with Crippen molar-refractivity contribution in [2.45, 2.75) is 19.4 Å². The van der Waals surface area contributed by atoms with Crippen LogP contribution in [0.15, 0.2) is 60.9 Å². The zero-order chi connectivity index (χ0) is 18.5. The molecule has 3 rings (SSSR count). The molecule has 5 heteroatoms. The van der Waals surface area contributed by atoms with Gasteiger partial charge in [-0.1, -0.05) is 36.4 Å². The average molecular weight is 349 g/mol. The predicted octanol–water partition coefficient (Wildman–Crippen LogP) is 3.19. The van der Waals surface area contributed by atoms with Crippen LogP contribution in [0.2, 0.25) is 0 Å². The van der Waals surface area contributed by atoms with Crippen molar-refractivity contribution in [2.24, 2.45) is 7.05 Å². The standard InChI is InChI=1S/C21H23N3O2/c1-15-6-4-5-7-17(15)14-19(25)23-20(21-22-12-13-24(21)2)16-8-10-18(26-3)11-9-16/h4-13,20H,14H2,1-3H3,(H,23,25). The number of benzene rings is 2. The van der Waals surface area contributed by atoms with Gasteiger partial charge in [-0.05, 0) is 35.7 Å². The molecule has 5 nitrogen and oxygen atoms in total. The Morgan fingerprint density at radius 2 is 1.92 bits per heavy atom. The molecule has 0 aliphatic heterocycles. The van der Waals surface area contributed by atoms with Gasteiger partial charge in [0, 0.05) is 19.4 Å². The van der Waals surface area contributed by atoms with Crippen LogP contribution in [0, 0.1) is 6.92 Å². The highest BCUT2D eigenvalue weighted by Crippen LogP contribution is 2.23. The SMILES string of the molecule is COc1ccc(C(NC(=O)Cc2ccccc2C)c2nccn2C)cc1. The summed E-state index contributed by atoms with van der Waals surface area (Å²) in [5, 5.41) is 3.13. The van der Waals surface area contributed by atoms with Crippen LogP contribution < -0.4 is 10.1 Å². The Hall–Kier alpha value is -3.08. The van der Waals surface area contributed by atoms with Gasteiger partial charge in [0.25, 0.3) is 0 Å². The predicted molar refractivity (Wildman–Crippen MR) is 101 cm³/mol. The monoisotopic (exact) mass is 349 g/mol. The fourth-order valence-corrected chi connectivity index (χ4v) is 2.94. The van der Waals surface area contributed by atoms with E-state index in [2.05, 4.69) is 10.3 Å². The number of nitrogens with zero attached hydrogens (tertiary/aromatic N) is 2. The number of rotatable bonds is 6. The maximum absolute atomic E-state index is 12.7. The van der Waals surface area contributed by atoms with Crippen LogP contribution >= 0.6 is 0 Å². The largest absolute Gasteiger partial charge is 0.497 e. The molecule has 1 amide bonds. The number of aromatic nitrogens is 2. The number of ether oxygens (including phenoxy) is 1. The molecule has 0 saturated carbocycles. The van der Waals surface area contributed by atoms with Gasteiger partial charge in [0.1, 0.15) is 17.6 Å². The number of methoxy groups -OCH3 is 1. The first-order valence-electron chi connectivity index (χ1n) is 8.53. The van der Waals surface area contributed by atoms with Crippen LogP contribution in [0.25, 0.3) is 0 Å². The number of imidazole rings is 1. The second-order valence-electron chi connectivity index (χ2n) is 6.27. The summed E-state index contributed by atoms with van der Waals surface area (Å²) < 4.78 is 7.15. The van der Waals surface area contributed by atoms with Crippen LogP contribution in [-0.4, -0.2) is 22.6 Å². The van der Waals surface area contributed by atoms with Gasteiger partial charge in [0.05, 0.1) is 13.5 Å². The number of carbonyl (C=O) groups excluding carboxylic acids is 1. The van der Waals surface area contributed by atoms with E-state index in [1.807, 2.05) is 73.3 Å². The fourth-order valence-electron chi connectivity index (χ4n) is 2.94. The topological polar surface area (TPSA) is 56.1 Å². The Kier molecular flexibility index (Phi) is 5.37. The third-order valence-electron chi connectivity index (χ3n) is 4.48. The second-order valence-corrected chi connectivity index (χ2v) is 6.27. The van der Waals surface area contributed by atoms with Crippen LogP contribution in [0.3, 0.4) is 0 Å². The normalized spacial score (nSPS) is 11.8. The van der Waals surface area contributed by atoms with Gasteiger partial charge in [-0.3, -0.25) is 4.79 Å². The second kappa shape index (κ2) is 7.87. The minimum Gasteiger partial charge on any atom is -0.497 e. The Bertz CT molecular complexity index is 884. The summed E-state index contributed by atoms with van der Waals surface area (Å²) in [6.07, 6.45) is 3.95. The summed E-state index contributed by atoms with van der Waals surface area (Å²) >= 11 is 0. The molecule has 1 N–H and O–H groups in total. The van der Waals surface area contributed by atoms with E-state index in [-0.39, 0.29) is 11.9 Å². The summed E-state index contributed by atoms with van der Waals surface area (Å²) in [5.41, 5.74) is 3.09. The third kappa shape index (κ3) is 3.94. The van der Waals surface area contributed by atoms with Gasteiger partial charge in [-0.2, -0.15) is 0 Å². The quantitative estimate of drug-likeness (QED) is 0.744. The maximum Gasteiger partial charge on any atom is 0.225 e. The van der Waals surface area contributed by atoms with Crippen molar-refractivity contribution in [3.8, 4) is 5.75 Å². The fraction of sp³-hybridized carbons (Fsp3) is 0.238. The van der Waals surface area contributed by atoms with Gasteiger partial charge >= 0.3 is 0 Å². The van der Waals surface area contributed by atoms with Crippen LogP contribution in [0.4, 0.5) is 0 Å². The molecular formula is C21H23N3O2. The molecule has 1 unspecified atom stereocenters. The summed E-state index contributed by atoms with van der Waals surface area (Å²) in [5.74, 6) is 1.52. The van der Waals surface area contributed by atoms with Crippen LogP contribution in [0.1, 0.15) is 28.6 Å². The van der Waals surface area contributed by atoms with Gasteiger partial charge in [0.15, 0.2) is 0 Å². The molecule has 0 saturated heterocycles. The zero-order valence-electron chi connectivity index (χ0n) is 15.3. The van der Waals surface area contributed by atoms with Crippen molar-refractivity contribution in [3.05, 3.63) is 83.4 Å². The lowest BCUT2D eigenvalue weighted by Gasteiger charge is -2.20. The van der Waals surface area contributed by atoms with E-state index in [4.69, 9.17) is 4.74 Å². The number of amides is 1. The Morgan fingerprint density at radius 3 is 2.54 bits per heavy atom. The minimum atomic E-state index is -0.322. The first kappa shape index (κ1) is 17.7. The first-order chi connectivity index (χ1) is 12.6. The molecule has 0 bridgehead atoms. The molecule has 26 heavy (non-hydrogen) atoms. The number of hydrogen-bond donors (Lipinski definition) is 1. The van der Waals surface area contributed by atoms with E-state index in [0.29, 0.717) is 6.42 Å². The average Bonchev–Trinajstić information content (AvgIpc) is 3.07. The molecule has 1 heterocycles. The maximum atomic E-state index is 12.7. The molecule has 0 fully saturated rings. The lowest BCUT2D eigenvalue weighted by Crippen LogP contribution is -2.32. The van der Waals surface area contributed by atoms with E-state index in [9.17, 15) is 4.79 Å². The minimum absolute atomic E-state index is 0.0388. The number of carbonyl (C=O) groups is 1. The summed E-state index contributed by atoms with van der Waals surface area (Å²) in [6, 6.07) is 15.3. The highest BCUT2D eigenvalue weighted by molar-refractivity contribution is 5.79. The van der Waals surface area contributed by atoms with Crippen molar-refractivity contribution < 1.29 is 9.53 Å². The van der Waals surface area contributed by atoms with E-state index >= 15 is 0 Å². The van der Waals surface area contributed by atoms with Crippen LogP contribution in [-0.2, 0) is 18.3 Å². The van der Waals surface area contributed by atoms with Crippen molar-refractivity contribution in [3.63, 3.8) is 0 Å². The summed E-state index contributed by atoms with van der Waals surface area (Å²) in [7, 11) is 3.56. The Labute approximate surface area is 153 Å². The zero-order valence-corrected chi connectivity index (χ0v) is 15.3. The number of aryl methyl sites for hydroxylation is 2. The summed E-state index contributed by atoms with van der Waals surface area (Å²) in [4.78, 5) is 17.1. The molecule has 1 aromatic heterocycles. The van der Waals surface area contributed by atoms with Crippen molar-refractivity contribution in [1.29, 1.82) is 0 Å². The molecular weight excluding hydrogens is 326 g/mol. The summed E-state index contributed by atoms with van der Waals surface area (Å²) in [6.45, 7) is 2.02. The van der Waals surface area contributed by atoms with Crippen molar-refractivity contribution in [1.82, 2.24) is 14.9 Å². The van der Waals surface area contributed by atoms with Gasteiger partial charge in [-0.25, -0.2) is 4.98 Å². The first-order valence-corrected chi connectivity index (χ1v) is 8.53. The Balaban J connectivity index is 1.85. The molecule has 134 valence electrons. The van der Waals surface area contributed by atoms with E-state index in [1.165, 1.54) is 0 Å². The van der Waals surface area contributed by atoms with E-state index < -0.39 is 0 Å². The molecule has 0 radical (unpaired) electrons. The van der Waals surface area contributed by atoms with Gasteiger partial charge < -0.3 is 14.6 Å². The van der Waals surface area contributed by atoms with Crippen LogP contribution in [0.5, 0.6) is 5.75 Å². The van der Waals surface area contributed by atoms with Gasteiger partial charge in [0.2, 0.25) is 5.91 Å². The highest BCUT2D eigenvalue weighted by atomic mass is 16.5. The number of hydrogen-bond acceptors (Lipinski definition) is 3. The molecule has 1 atom stereocenters. The van der Waals surface area contributed by atoms with Gasteiger partial charge in [-0.15, -0.1) is 0 Å². The molecule has 0 aliphatic rings. The molecule has 0 spiro atoms.